The molecule has 0 spiro atoms. The Labute approximate surface area is 173 Å². The van der Waals surface area contributed by atoms with Crippen molar-refractivity contribution < 1.29 is 22.8 Å². The Hall–Kier alpha value is -3.58. The zero-order chi connectivity index (χ0) is 21.4. The highest BCUT2D eigenvalue weighted by Crippen LogP contribution is 2.32. The van der Waals surface area contributed by atoms with Crippen molar-refractivity contribution in [2.24, 2.45) is 0 Å². The number of aromatic nitrogens is 1. The summed E-state index contributed by atoms with van der Waals surface area (Å²) in [6, 6.07) is 14.1. The van der Waals surface area contributed by atoms with Crippen LogP contribution in [0.3, 0.4) is 0 Å². The third kappa shape index (κ3) is 3.44. The van der Waals surface area contributed by atoms with E-state index in [1.807, 2.05) is 0 Å². The molecule has 0 bridgehead atoms. The van der Waals surface area contributed by atoms with Crippen molar-refractivity contribution in [1.29, 1.82) is 0 Å². The third-order valence-electron chi connectivity index (χ3n) is 4.53. The zero-order valence-corrected chi connectivity index (χ0v) is 15.9. The van der Waals surface area contributed by atoms with Crippen molar-refractivity contribution in [3.05, 3.63) is 100.0 Å². The second kappa shape index (κ2) is 7.68. The van der Waals surface area contributed by atoms with Crippen molar-refractivity contribution in [3.8, 4) is 0 Å². The summed E-state index contributed by atoms with van der Waals surface area (Å²) in [4.78, 5) is 28.5. The molecule has 1 aromatic heterocycles. The molecule has 0 unspecified atom stereocenters. The summed E-state index contributed by atoms with van der Waals surface area (Å²) in [6.45, 7) is 0. The van der Waals surface area contributed by atoms with Crippen LogP contribution in [0.25, 0.3) is 10.9 Å². The van der Waals surface area contributed by atoms with E-state index in [1.54, 1.807) is 36.4 Å². The van der Waals surface area contributed by atoms with Crippen LogP contribution in [0.15, 0.2) is 60.7 Å². The predicted molar refractivity (Wildman–Crippen MR) is 107 cm³/mol. The molecule has 0 radical (unpaired) electrons. The maximum atomic E-state index is 14.1. The van der Waals surface area contributed by atoms with E-state index >= 15 is 0 Å². The number of nitrogens with one attached hydrogen (secondary N) is 2. The topological polar surface area (TPSA) is 62.0 Å². The number of amides is 1. The first-order valence-electron chi connectivity index (χ1n) is 8.72. The molecule has 30 heavy (non-hydrogen) atoms. The maximum Gasteiger partial charge on any atom is 0.261 e. The molecule has 3 aromatic carbocycles. The van der Waals surface area contributed by atoms with E-state index in [0.717, 1.165) is 0 Å². The standard InChI is InChI=1S/C22H12ClF3N2O2/c23-12-6-7-13-16(10-12)27-20(21(29)11-4-2-1-3-5-11)19(13)28-22(30)17-14(24)8-9-15(25)18(17)26/h1-10,27H,(H,28,30). The van der Waals surface area contributed by atoms with Crippen LogP contribution in [0.2, 0.25) is 5.02 Å². The fraction of sp³-hybridized carbons (Fsp3) is 0. The molecule has 1 heterocycles. The lowest BCUT2D eigenvalue weighted by Gasteiger charge is -2.09. The maximum absolute atomic E-state index is 14.1. The lowest BCUT2D eigenvalue weighted by Crippen LogP contribution is -2.18. The van der Waals surface area contributed by atoms with Crippen LogP contribution in [0.1, 0.15) is 26.4 Å². The van der Waals surface area contributed by atoms with Gasteiger partial charge in [0.05, 0.1) is 5.69 Å². The van der Waals surface area contributed by atoms with Crippen molar-refractivity contribution >= 4 is 39.9 Å². The van der Waals surface area contributed by atoms with Gasteiger partial charge in [0.25, 0.3) is 5.91 Å². The highest BCUT2D eigenvalue weighted by molar-refractivity contribution is 6.31. The van der Waals surface area contributed by atoms with Gasteiger partial charge in [0, 0.05) is 21.5 Å². The van der Waals surface area contributed by atoms with E-state index in [0.29, 0.717) is 33.6 Å². The van der Waals surface area contributed by atoms with Crippen LogP contribution in [0.5, 0.6) is 0 Å². The first kappa shape index (κ1) is 19.7. The van der Waals surface area contributed by atoms with Gasteiger partial charge in [0.15, 0.2) is 11.6 Å². The molecule has 4 rings (SSSR count). The first-order valence-corrected chi connectivity index (χ1v) is 9.10. The second-order valence-electron chi connectivity index (χ2n) is 6.43. The van der Waals surface area contributed by atoms with Crippen molar-refractivity contribution in [1.82, 2.24) is 4.98 Å². The SMILES string of the molecule is O=C(c1ccccc1)c1[nH]c2cc(Cl)ccc2c1NC(=O)c1c(F)ccc(F)c1F. The number of halogens is 4. The minimum atomic E-state index is -1.62. The Morgan fingerprint density at radius 2 is 1.60 bits per heavy atom. The monoisotopic (exact) mass is 428 g/mol. The van der Waals surface area contributed by atoms with E-state index in [1.165, 1.54) is 12.1 Å². The molecule has 0 aliphatic rings. The fourth-order valence-corrected chi connectivity index (χ4v) is 3.29. The van der Waals surface area contributed by atoms with Crippen molar-refractivity contribution in [2.75, 3.05) is 5.32 Å². The molecule has 150 valence electrons. The number of carbonyl (C=O) groups excluding carboxylic acids is 2. The Bertz CT molecular complexity index is 1300. The van der Waals surface area contributed by atoms with Crippen LogP contribution in [-0.2, 0) is 0 Å². The summed E-state index contributed by atoms with van der Waals surface area (Å²) in [5.74, 6) is -5.91. The predicted octanol–water partition coefficient (Wildman–Crippen LogP) is 5.72. The summed E-state index contributed by atoms with van der Waals surface area (Å²) in [5.41, 5.74) is -0.338. The highest BCUT2D eigenvalue weighted by Gasteiger charge is 2.25. The number of rotatable bonds is 4. The number of fused-ring (bicyclic) bond motifs is 1. The van der Waals surface area contributed by atoms with Gasteiger partial charge in [0.1, 0.15) is 17.1 Å². The molecule has 0 saturated heterocycles. The first-order chi connectivity index (χ1) is 14.4. The molecule has 0 aliphatic heterocycles. The van der Waals surface area contributed by atoms with Crippen LogP contribution in [0.4, 0.5) is 18.9 Å². The lowest BCUT2D eigenvalue weighted by molar-refractivity contribution is 0.101. The summed E-state index contributed by atoms with van der Waals surface area (Å²) in [5, 5.41) is 3.12. The molecular weight excluding hydrogens is 417 g/mol. The van der Waals surface area contributed by atoms with Gasteiger partial charge >= 0.3 is 0 Å². The number of aromatic amines is 1. The Balaban J connectivity index is 1.85. The molecule has 0 saturated carbocycles. The number of anilines is 1. The fourth-order valence-electron chi connectivity index (χ4n) is 3.11. The van der Waals surface area contributed by atoms with E-state index in [4.69, 9.17) is 11.6 Å². The molecule has 1 amide bonds. The summed E-state index contributed by atoms with van der Waals surface area (Å²) >= 11 is 6.00. The van der Waals surface area contributed by atoms with Gasteiger partial charge in [-0.25, -0.2) is 13.2 Å². The van der Waals surface area contributed by atoms with Gasteiger partial charge in [0.2, 0.25) is 5.78 Å². The minimum Gasteiger partial charge on any atom is -0.350 e. The summed E-state index contributed by atoms with van der Waals surface area (Å²) < 4.78 is 41.6. The largest absolute Gasteiger partial charge is 0.350 e. The van der Waals surface area contributed by atoms with Crippen LogP contribution in [-0.4, -0.2) is 16.7 Å². The third-order valence-corrected chi connectivity index (χ3v) is 4.77. The van der Waals surface area contributed by atoms with E-state index in [9.17, 15) is 22.8 Å². The molecule has 8 heteroatoms. The van der Waals surface area contributed by atoms with Crippen LogP contribution < -0.4 is 5.32 Å². The van der Waals surface area contributed by atoms with Crippen LogP contribution in [0, 0.1) is 17.5 Å². The molecule has 4 nitrogen and oxygen atoms in total. The quantitative estimate of drug-likeness (QED) is 0.322. The van der Waals surface area contributed by atoms with Crippen LogP contribution >= 0.6 is 11.6 Å². The van der Waals surface area contributed by atoms with Crippen molar-refractivity contribution in [2.45, 2.75) is 0 Å². The minimum absolute atomic E-state index is 0.00332. The highest BCUT2D eigenvalue weighted by atomic mass is 35.5. The molecule has 0 fully saturated rings. The van der Waals surface area contributed by atoms with Gasteiger partial charge in [-0.1, -0.05) is 41.9 Å². The van der Waals surface area contributed by atoms with Crippen molar-refractivity contribution in [3.63, 3.8) is 0 Å². The average molecular weight is 429 g/mol. The number of H-pyrrole nitrogens is 1. The van der Waals surface area contributed by atoms with E-state index in [2.05, 4.69) is 10.3 Å². The summed E-state index contributed by atoms with van der Waals surface area (Å²) in [6.07, 6.45) is 0. The second-order valence-corrected chi connectivity index (χ2v) is 6.87. The lowest BCUT2D eigenvalue weighted by atomic mass is 10.1. The molecule has 0 atom stereocenters. The van der Waals surface area contributed by atoms with E-state index < -0.39 is 34.7 Å². The summed E-state index contributed by atoms with van der Waals surface area (Å²) in [7, 11) is 0. The Kier molecular flexibility index (Phi) is 5.05. The van der Waals surface area contributed by atoms with Gasteiger partial charge in [-0.2, -0.15) is 0 Å². The number of hydrogen-bond donors (Lipinski definition) is 2. The number of hydrogen-bond acceptors (Lipinski definition) is 2. The van der Waals surface area contributed by atoms with Gasteiger partial charge in [-0.15, -0.1) is 0 Å². The molecular formula is C22H12ClF3N2O2. The normalized spacial score (nSPS) is 10.9. The zero-order valence-electron chi connectivity index (χ0n) is 15.1. The number of ketones is 1. The van der Waals surface area contributed by atoms with Gasteiger partial charge in [-0.05, 0) is 30.3 Å². The number of benzene rings is 3. The average Bonchev–Trinajstić information content (AvgIpc) is 3.08. The van der Waals surface area contributed by atoms with Gasteiger partial charge < -0.3 is 10.3 Å². The Morgan fingerprint density at radius 1 is 0.900 bits per heavy atom. The number of carbonyl (C=O) groups is 2. The molecule has 4 aromatic rings. The molecule has 2 N–H and O–H groups in total. The van der Waals surface area contributed by atoms with Gasteiger partial charge in [-0.3, -0.25) is 9.59 Å². The smallest absolute Gasteiger partial charge is 0.261 e. The van der Waals surface area contributed by atoms with E-state index in [-0.39, 0.29) is 11.4 Å². The molecule has 0 aliphatic carbocycles. The Morgan fingerprint density at radius 3 is 2.33 bits per heavy atom.